The van der Waals surface area contributed by atoms with Gasteiger partial charge in [0, 0.05) is 46.3 Å². The number of aldehydes is 1. The third kappa shape index (κ3) is 51.5. The molecule has 0 N–H and O–H groups in total. The van der Waals surface area contributed by atoms with Crippen molar-refractivity contribution in [2.45, 2.75) is 324 Å². The first-order chi connectivity index (χ1) is 36.0. The zero-order valence-corrected chi connectivity index (χ0v) is 51.0. The Balaban J connectivity index is 0.00000593. The summed E-state index contributed by atoms with van der Waals surface area (Å²) in [4.78, 5) is 35.5. The molecule has 0 aliphatic carbocycles. The molecule has 1 unspecified atom stereocenters. The fourth-order valence-corrected chi connectivity index (χ4v) is 11.1. The lowest BCUT2D eigenvalue weighted by atomic mass is 9.94. The molecular formula is C66H134N4O3. The molecule has 1 aliphatic rings. The maximum absolute atomic E-state index is 14.2. The van der Waals surface area contributed by atoms with Crippen LogP contribution in [0.25, 0.3) is 0 Å². The number of ether oxygens (including phenoxy) is 1. The lowest BCUT2D eigenvalue weighted by Crippen LogP contribution is -2.47. The summed E-state index contributed by atoms with van der Waals surface area (Å²) in [6, 6.07) is 0. The Bertz CT molecular complexity index is 1050. The molecule has 0 bridgehead atoms. The van der Waals surface area contributed by atoms with Crippen LogP contribution in [0, 0.1) is 5.92 Å². The van der Waals surface area contributed by atoms with E-state index in [4.69, 9.17) is 4.74 Å². The largest absolute Gasteiger partial charge is 0.385 e. The second-order valence-corrected chi connectivity index (χ2v) is 23.3. The number of amides is 1. The van der Waals surface area contributed by atoms with Crippen LogP contribution in [0.3, 0.4) is 0 Å². The molecule has 1 rings (SSSR count). The number of carbonyl (C=O) groups excluding carboxylic acids is 2. The van der Waals surface area contributed by atoms with Crippen molar-refractivity contribution in [3.05, 3.63) is 0 Å². The standard InChI is InChI=1S/C59H118N4O2.C7H16O/c1-5-9-13-17-21-22-23-24-25-29-33-37-46-60(47-38-35-30-36-42-55-64)52-45-58-44-43-51-63(56-58)59(65)57-62(50-41-34-28-20-16-12-8-4)54-53-61(48-39-31-26-18-14-10-6-2)49-40-32-27-19-15-11-7-3;1-3-4-5-6-7-8-2/h55,58H,5-54,56-57H2,1-4H3;3-7H2,1-2H3. The van der Waals surface area contributed by atoms with Crippen LogP contribution in [0.5, 0.6) is 0 Å². The van der Waals surface area contributed by atoms with Gasteiger partial charge in [0.1, 0.15) is 6.29 Å². The maximum atomic E-state index is 14.2. The summed E-state index contributed by atoms with van der Waals surface area (Å²) in [7, 11) is 1.76. The van der Waals surface area contributed by atoms with Crippen LogP contribution in [-0.4, -0.2) is 118 Å². The van der Waals surface area contributed by atoms with Crippen molar-refractivity contribution < 1.29 is 14.3 Å². The molecule has 0 radical (unpaired) electrons. The van der Waals surface area contributed by atoms with Crippen LogP contribution in [0.4, 0.5) is 0 Å². The zero-order valence-electron chi connectivity index (χ0n) is 51.0. The van der Waals surface area contributed by atoms with Crippen LogP contribution in [0.15, 0.2) is 0 Å². The summed E-state index contributed by atoms with van der Waals surface area (Å²) in [5.41, 5.74) is 0. The van der Waals surface area contributed by atoms with Gasteiger partial charge in [0.05, 0.1) is 6.54 Å². The summed E-state index contributed by atoms with van der Waals surface area (Å²) < 4.78 is 4.89. The predicted octanol–water partition coefficient (Wildman–Crippen LogP) is 18.8. The summed E-state index contributed by atoms with van der Waals surface area (Å²) >= 11 is 0. The van der Waals surface area contributed by atoms with Gasteiger partial charge in [0.15, 0.2) is 0 Å². The number of likely N-dealkylation sites (tertiary alicyclic amines) is 1. The van der Waals surface area contributed by atoms with Crippen LogP contribution in [0.1, 0.15) is 324 Å². The normalized spacial score (nSPS) is 13.9. The number of piperidine rings is 1. The number of hydrogen-bond acceptors (Lipinski definition) is 6. The van der Waals surface area contributed by atoms with Gasteiger partial charge in [-0.15, -0.1) is 0 Å². The Kier molecular flexibility index (Phi) is 59.4. The highest BCUT2D eigenvalue weighted by molar-refractivity contribution is 5.78. The molecule has 0 aromatic heterocycles. The van der Waals surface area contributed by atoms with Crippen molar-refractivity contribution in [3.63, 3.8) is 0 Å². The predicted molar refractivity (Wildman–Crippen MR) is 323 cm³/mol. The molecule has 1 amide bonds. The quantitative estimate of drug-likeness (QED) is 0.0447. The summed E-state index contributed by atoms with van der Waals surface area (Å²) in [6.45, 7) is 24.2. The smallest absolute Gasteiger partial charge is 0.236 e. The Labute approximate surface area is 459 Å². The van der Waals surface area contributed by atoms with E-state index in [1.165, 1.54) is 302 Å². The molecule has 73 heavy (non-hydrogen) atoms. The highest BCUT2D eigenvalue weighted by Crippen LogP contribution is 2.22. The van der Waals surface area contributed by atoms with E-state index in [2.05, 4.69) is 54.2 Å². The fraction of sp³-hybridized carbons (Fsp3) is 0.970. The van der Waals surface area contributed by atoms with Crippen LogP contribution in [-0.2, 0) is 14.3 Å². The Morgan fingerprint density at radius 1 is 0.425 bits per heavy atom. The molecule has 1 heterocycles. The first-order valence-corrected chi connectivity index (χ1v) is 33.4. The van der Waals surface area contributed by atoms with Crippen molar-refractivity contribution in [3.8, 4) is 0 Å². The Morgan fingerprint density at radius 3 is 1.14 bits per heavy atom. The lowest BCUT2D eigenvalue weighted by Gasteiger charge is -2.36. The molecule has 1 atom stereocenters. The van der Waals surface area contributed by atoms with Crippen molar-refractivity contribution in [2.24, 2.45) is 5.92 Å². The van der Waals surface area contributed by atoms with Crippen LogP contribution in [0.2, 0.25) is 0 Å². The van der Waals surface area contributed by atoms with Gasteiger partial charge in [-0.05, 0) is 109 Å². The number of unbranched alkanes of at least 4 members (excludes halogenated alkanes) is 36. The number of nitrogens with zero attached hydrogens (tertiary/aromatic N) is 4. The van der Waals surface area contributed by atoms with Crippen molar-refractivity contribution in [2.75, 3.05) is 85.7 Å². The summed E-state index contributed by atoms with van der Waals surface area (Å²) in [5, 5.41) is 0. The van der Waals surface area contributed by atoms with Gasteiger partial charge in [0.25, 0.3) is 0 Å². The Hall–Kier alpha value is -1.02. The summed E-state index contributed by atoms with van der Waals surface area (Å²) in [5.74, 6) is 1.02. The van der Waals surface area contributed by atoms with Crippen molar-refractivity contribution >= 4 is 12.2 Å². The average Bonchev–Trinajstić information content (AvgIpc) is 3.40. The van der Waals surface area contributed by atoms with Crippen molar-refractivity contribution in [1.82, 2.24) is 19.6 Å². The molecule has 0 aromatic carbocycles. The van der Waals surface area contributed by atoms with E-state index >= 15 is 0 Å². The van der Waals surface area contributed by atoms with Gasteiger partial charge < -0.3 is 24.2 Å². The molecule has 436 valence electrons. The highest BCUT2D eigenvalue weighted by Gasteiger charge is 2.25. The van der Waals surface area contributed by atoms with E-state index in [0.717, 1.165) is 58.5 Å². The van der Waals surface area contributed by atoms with Gasteiger partial charge in [-0.2, -0.15) is 0 Å². The minimum absolute atomic E-state index is 0.395. The van der Waals surface area contributed by atoms with Crippen molar-refractivity contribution in [1.29, 1.82) is 0 Å². The number of carbonyl (C=O) groups is 2. The van der Waals surface area contributed by atoms with E-state index in [0.29, 0.717) is 24.8 Å². The van der Waals surface area contributed by atoms with Crippen LogP contribution < -0.4 is 0 Å². The second-order valence-electron chi connectivity index (χ2n) is 23.3. The molecule has 7 heteroatoms. The van der Waals surface area contributed by atoms with E-state index in [-0.39, 0.29) is 0 Å². The average molecular weight is 1030 g/mol. The minimum atomic E-state index is 0.395. The monoisotopic (exact) mass is 1030 g/mol. The van der Waals surface area contributed by atoms with E-state index in [9.17, 15) is 9.59 Å². The SMILES string of the molecule is CCCCCCCCCCCCCCN(CCCCCCC=O)CCC1CCCN(C(=O)CN(CCCCCCCCC)CCN(CCCCCCCCC)CCCCCCCCC)C1.CCCCCCOC. The molecule has 0 saturated carbocycles. The molecule has 7 nitrogen and oxygen atoms in total. The second kappa shape index (κ2) is 60.2. The molecule has 0 spiro atoms. The minimum Gasteiger partial charge on any atom is -0.385 e. The zero-order chi connectivity index (χ0) is 53.2. The van der Waals surface area contributed by atoms with Crippen LogP contribution >= 0.6 is 0 Å². The first kappa shape index (κ1) is 72.0. The van der Waals surface area contributed by atoms with Gasteiger partial charge in [0.2, 0.25) is 5.91 Å². The summed E-state index contributed by atoms with van der Waals surface area (Å²) in [6.07, 6.45) is 60.7. The number of hydrogen-bond donors (Lipinski definition) is 0. The maximum Gasteiger partial charge on any atom is 0.236 e. The van der Waals surface area contributed by atoms with Gasteiger partial charge >= 0.3 is 0 Å². The Morgan fingerprint density at radius 2 is 0.753 bits per heavy atom. The lowest BCUT2D eigenvalue weighted by molar-refractivity contribution is -0.134. The number of rotatable bonds is 57. The fourth-order valence-electron chi connectivity index (χ4n) is 11.1. The molecule has 1 saturated heterocycles. The number of methoxy groups -OCH3 is 1. The van der Waals surface area contributed by atoms with E-state index in [1.807, 2.05) is 0 Å². The topological polar surface area (TPSA) is 56.3 Å². The highest BCUT2D eigenvalue weighted by atomic mass is 16.5. The van der Waals surface area contributed by atoms with E-state index in [1.54, 1.807) is 7.11 Å². The third-order valence-corrected chi connectivity index (χ3v) is 16.1. The van der Waals surface area contributed by atoms with Gasteiger partial charge in [-0.25, -0.2) is 0 Å². The molecular weight excluding hydrogens is 897 g/mol. The molecule has 1 fully saturated rings. The third-order valence-electron chi connectivity index (χ3n) is 16.1. The first-order valence-electron chi connectivity index (χ1n) is 33.4. The van der Waals surface area contributed by atoms with E-state index < -0.39 is 0 Å². The molecule has 1 aliphatic heterocycles. The van der Waals surface area contributed by atoms with Gasteiger partial charge in [-0.1, -0.05) is 253 Å². The molecule has 0 aromatic rings. The van der Waals surface area contributed by atoms with Gasteiger partial charge in [-0.3, -0.25) is 9.69 Å².